The third kappa shape index (κ3) is 3.17. The Kier molecular flexibility index (Phi) is 4.37. The van der Waals surface area contributed by atoms with E-state index in [0.717, 1.165) is 22.3 Å². The van der Waals surface area contributed by atoms with Gasteiger partial charge in [0.05, 0.1) is 19.7 Å². The maximum atomic E-state index is 11.4. The number of benzene rings is 1. The number of ether oxygens (including phenoxy) is 3. The number of nitrogens with zero attached hydrogens (tertiary/aromatic N) is 1. The average molecular weight is 327 g/mol. The van der Waals surface area contributed by atoms with Crippen molar-refractivity contribution in [2.45, 2.75) is 13.5 Å². The van der Waals surface area contributed by atoms with Crippen molar-refractivity contribution in [2.24, 2.45) is 0 Å². The maximum absolute atomic E-state index is 11.4. The second-order valence-electron chi connectivity index (χ2n) is 5.19. The zero-order chi connectivity index (χ0) is 17.1. The number of carbonyl (C=O) groups excluding carboxylic acids is 1. The highest BCUT2D eigenvalue weighted by Gasteiger charge is 2.12. The van der Waals surface area contributed by atoms with E-state index in [4.69, 9.17) is 13.9 Å². The van der Waals surface area contributed by atoms with Gasteiger partial charge in [-0.3, -0.25) is 4.98 Å². The predicted molar refractivity (Wildman–Crippen MR) is 87.4 cm³/mol. The zero-order valence-corrected chi connectivity index (χ0v) is 13.7. The summed E-state index contributed by atoms with van der Waals surface area (Å²) in [6, 6.07) is 10.7. The normalized spacial score (nSPS) is 10.6. The van der Waals surface area contributed by atoms with E-state index < -0.39 is 5.97 Å². The Bertz CT molecular complexity index is 884. The van der Waals surface area contributed by atoms with Gasteiger partial charge in [0.1, 0.15) is 23.9 Å². The first-order valence-electron chi connectivity index (χ1n) is 7.36. The molecule has 0 unspecified atom stereocenters. The number of carbonyl (C=O) groups is 1. The van der Waals surface area contributed by atoms with E-state index in [-0.39, 0.29) is 12.4 Å². The summed E-state index contributed by atoms with van der Waals surface area (Å²) < 4.78 is 21.2. The molecule has 0 amide bonds. The number of esters is 1. The van der Waals surface area contributed by atoms with Crippen LogP contribution in [0.4, 0.5) is 0 Å². The molecule has 3 aromatic rings. The molecule has 0 saturated carbocycles. The van der Waals surface area contributed by atoms with Gasteiger partial charge in [-0.1, -0.05) is 0 Å². The van der Waals surface area contributed by atoms with Gasteiger partial charge in [0.2, 0.25) is 5.76 Å². The lowest BCUT2D eigenvalue weighted by atomic mass is 10.1. The lowest BCUT2D eigenvalue weighted by Crippen LogP contribution is -1.99. The molecule has 6 nitrogen and oxygen atoms in total. The second kappa shape index (κ2) is 6.62. The van der Waals surface area contributed by atoms with Gasteiger partial charge in [-0.05, 0) is 37.3 Å². The molecular formula is C18H17NO5. The molecule has 0 N–H and O–H groups in total. The number of aryl methyl sites for hydroxylation is 1. The van der Waals surface area contributed by atoms with E-state index in [9.17, 15) is 4.79 Å². The lowest BCUT2D eigenvalue weighted by molar-refractivity contribution is 0.0561. The minimum atomic E-state index is -0.517. The molecule has 0 fully saturated rings. The summed E-state index contributed by atoms with van der Waals surface area (Å²) in [5, 5.41) is 0.847. The quantitative estimate of drug-likeness (QED) is 0.668. The summed E-state index contributed by atoms with van der Waals surface area (Å²) in [5.41, 5.74) is 1.66. The first-order valence-corrected chi connectivity index (χ1v) is 7.36. The highest BCUT2D eigenvalue weighted by molar-refractivity contribution is 5.87. The number of hydrogen-bond acceptors (Lipinski definition) is 6. The van der Waals surface area contributed by atoms with Crippen LogP contribution in [0, 0.1) is 6.92 Å². The Balaban J connectivity index is 1.86. The molecule has 0 aliphatic rings. The van der Waals surface area contributed by atoms with Crippen LogP contribution in [0.15, 0.2) is 40.8 Å². The average Bonchev–Trinajstić information content (AvgIpc) is 3.07. The molecule has 0 saturated heterocycles. The molecule has 0 aliphatic carbocycles. The van der Waals surface area contributed by atoms with Gasteiger partial charge in [-0.2, -0.15) is 0 Å². The van der Waals surface area contributed by atoms with Crippen molar-refractivity contribution >= 4 is 16.9 Å². The number of methoxy groups -OCH3 is 2. The Morgan fingerprint density at radius 3 is 2.75 bits per heavy atom. The number of furan rings is 1. The molecule has 0 aliphatic heterocycles. The molecule has 0 bridgehead atoms. The van der Waals surface area contributed by atoms with Crippen LogP contribution in [0.5, 0.6) is 11.5 Å². The number of aromatic nitrogens is 1. The van der Waals surface area contributed by atoms with Crippen LogP contribution in [0.25, 0.3) is 10.9 Å². The molecule has 6 heteroatoms. The van der Waals surface area contributed by atoms with Gasteiger partial charge in [-0.15, -0.1) is 0 Å². The van der Waals surface area contributed by atoms with Crippen molar-refractivity contribution in [1.82, 2.24) is 4.98 Å². The molecular weight excluding hydrogens is 310 g/mol. The van der Waals surface area contributed by atoms with Gasteiger partial charge >= 0.3 is 5.97 Å². The van der Waals surface area contributed by atoms with Gasteiger partial charge < -0.3 is 18.6 Å². The molecule has 1 aromatic carbocycles. The Hall–Kier alpha value is -3.02. The van der Waals surface area contributed by atoms with Crippen molar-refractivity contribution in [1.29, 1.82) is 0 Å². The number of pyridine rings is 1. The van der Waals surface area contributed by atoms with Crippen molar-refractivity contribution in [3.63, 3.8) is 0 Å². The van der Waals surface area contributed by atoms with Gasteiger partial charge in [-0.25, -0.2) is 4.79 Å². The highest BCUT2D eigenvalue weighted by Crippen LogP contribution is 2.29. The van der Waals surface area contributed by atoms with Crippen LogP contribution in [0.3, 0.4) is 0 Å². The number of rotatable bonds is 5. The third-order valence-electron chi connectivity index (χ3n) is 3.52. The first kappa shape index (κ1) is 15.9. The summed E-state index contributed by atoms with van der Waals surface area (Å²) in [5.74, 6) is 1.56. The van der Waals surface area contributed by atoms with Crippen molar-refractivity contribution in [3.05, 3.63) is 53.6 Å². The molecule has 2 heterocycles. The minimum Gasteiger partial charge on any atom is -0.497 e. The van der Waals surface area contributed by atoms with Crippen LogP contribution < -0.4 is 9.47 Å². The van der Waals surface area contributed by atoms with Crippen molar-refractivity contribution < 1.29 is 23.4 Å². The topological polar surface area (TPSA) is 70.8 Å². The highest BCUT2D eigenvalue weighted by atomic mass is 16.5. The lowest BCUT2D eigenvalue weighted by Gasteiger charge is -2.10. The largest absolute Gasteiger partial charge is 0.497 e. The second-order valence-corrected chi connectivity index (χ2v) is 5.19. The zero-order valence-electron chi connectivity index (χ0n) is 13.7. The summed E-state index contributed by atoms with van der Waals surface area (Å²) in [7, 11) is 2.92. The Morgan fingerprint density at radius 2 is 2.00 bits per heavy atom. The van der Waals surface area contributed by atoms with Crippen LogP contribution >= 0.6 is 0 Å². The van der Waals surface area contributed by atoms with Crippen molar-refractivity contribution in [2.75, 3.05) is 14.2 Å². The monoisotopic (exact) mass is 327 g/mol. The smallest absolute Gasteiger partial charge is 0.373 e. The standard InChI is InChI=1S/C18H17NO5/c1-11-8-17(14-9-12(21-2)4-6-15(14)19-11)23-10-13-5-7-16(24-13)18(20)22-3/h4-9H,10H2,1-3H3. The fourth-order valence-electron chi connectivity index (χ4n) is 2.36. The van der Waals surface area contributed by atoms with E-state index in [1.807, 2.05) is 31.2 Å². The fraction of sp³-hybridized carbons (Fsp3) is 0.222. The molecule has 0 atom stereocenters. The van der Waals surface area contributed by atoms with E-state index in [0.29, 0.717) is 11.5 Å². The molecule has 0 spiro atoms. The van der Waals surface area contributed by atoms with E-state index in [2.05, 4.69) is 9.72 Å². The summed E-state index contributed by atoms with van der Waals surface area (Å²) in [6.45, 7) is 2.09. The number of hydrogen-bond donors (Lipinski definition) is 0. The Morgan fingerprint density at radius 1 is 1.17 bits per heavy atom. The summed E-state index contributed by atoms with van der Waals surface area (Å²) in [6.07, 6.45) is 0. The minimum absolute atomic E-state index is 0.147. The van der Waals surface area contributed by atoms with Crippen LogP contribution in [-0.4, -0.2) is 25.2 Å². The van der Waals surface area contributed by atoms with Gasteiger partial charge in [0.15, 0.2) is 0 Å². The number of fused-ring (bicyclic) bond motifs is 1. The molecule has 0 radical (unpaired) electrons. The van der Waals surface area contributed by atoms with Crippen molar-refractivity contribution in [3.8, 4) is 11.5 Å². The van der Waals surface area contributed by atoms with Gasteiger partial charge in [0.25, 0.3) is 0 Å². The van der Waals surface area contributed by atoms with Crippen LogP contribution in [-0.2, 0) is 11.3 Å². The molecule has 124 valence electrons. The van der Waals surface area contributed by atoms with E-state index in [1.54, 1.807) is 19.2 Å². The third-order valence-corrected chi connectivity index (χ3v) is 3.52. The Labute approximate surface area is 139 Å². The summed E-state index contributed by atoms with van der Waals surface area (Å²) in [4.78, 5) is 15.9. The van der Waals surface area contributed by atoms with E-state index >= 15 is 0 Å². The molecule has 24 heavy (non-hydrogen) atoms. The summed E-state index contributed by atoms with van der Waals surface area (Å²) >= 11 is 0. The van der Waals surface area contributed by atoms with Crippen LogP contribution in [0.2, 0.25) is 0 Å². The van der Waals surface area contributed by atoms with Crippen LogP contribution in [0.1, 0.15) is 22.0 Å². The maximum Gasteiger partial charge on any atom is 0.373 e. The molecule has 3 rings (SSSR count). The predicted octanol–water partition coefficient (Wildman–Crippen LogP) is 3.51. The van der Waals surface area contributed by atoms with E-state index in [1.165, 1.54) is 7.11 Å². The molecule has 2 aromatic heterocycles. The fourth-order valence-corrected chi connectivity index (χ4v) is 2.36. The SMILES string of the molecule is COC(=O)c1ccc(COc2cc(C)nc3ccc(OC)cc23)o1. The first-order chi connectivity index (χ1) is 11.6. The van der Waals surface area contributed by atoms with Gasteiger partial charge in [0, 0.05) is 17.1 Å².